The van der Waals surface area contributed by atoms with E-state index in [1.807, 2.05) is 36.5 Å². The molecule has 14 heavy (non-hydrogen) atoms. The number of benzene rings is 1. The first-order valence-electron chi connectivity index (χ1n) is 4.11. The molecule has 0 unspecified atom stereocenters. The molecule has 0 spiro atoms. The molecule has 2 nitrogen and oxygen atoms in total. The number of pyridine rings is 1. The zero-order valence-electron chi connectivity index (χ0n) is 8.03. The van der Waals surface area contributed by atoms with E-state index in [0.717, 1.165) is 5.69 Å². The van der Waals surface area contributed by atoms with Gasteiger partial charge in [0.1, 0.15) is 0 Å². The first-order valence-corrected chi connectivity index (χ1v) is 4.11. The molecule has 0 atom stereocenters. The van der Waals surface area contributed by atoms with Crippen LogP contribution in [0.2, 0.25) is 0 Å². The van der Waals surface area contributed by atoms with Crippen molar-refractivity contribution in [3.05, 3.63) is 48.7 Å². The summed E-state index contributed by atoms with van der Waals surface area (Å²) in [6.45, 7) is 0. The minimum Gasteiger partial charge on any atom is -0.872 e. The van der Waals surface area contributed by atoms with Gasteiger partial charge in [0.25, 0.3) is 0 Å². The van der Waals surface area contributed by atoms with E-state index in [1.54, 1.807) is 12.1 Å². The fraction of sp³-hybridized carbons (Fsp3) is 0. The molecule has 0 aliphatic heterocycles. The normalized spacial score (nSPS) is 9.14. The Kier molecular flexibility index (Phi) is 3.76. The second-order valence-electron chi connectivity index (χ2n) is 2.77. The van der Waals surface area contributed by atoms with Crippen molar-refractivity contribution in [3.63, 3.8) is 0 Å². The topological polar surface area (TPSA) is 37.2 Å². The second kappa shape index (κ2) is 4.85. The Morgan fingerprint density at radius 1 is 0.929 bits per heavy atom. The average Bonchev–Trinajstić information content (AvgIpc) is 2.20. The second-order valence-corrected chi connectivity index (χ2v) is 2.77. The predicted molar refractivity (Wildman–Crippen MR) is 47.9 cm³/mol. The van der Waals surface area contributed by atoms with Crippen LogP contribution in [-0.2, 0) is 0 Å². The Morgan fingerprint density at radius 3 is 2.29 bits per heavy atom. The SMILES string of the molecule is [Li+].[O-]c1ccccc1-c1cccc[nH+]1. The number of hydrogen-bond acceptors (Lipinski definition) is 1. The predicted octanol–water partition coefficient (Wildman–Crippen LogP) is -1.75. The van der Waals surface area contributed by atoms with Crippen LogP contribution >= 0.6 is 0 Å². The van der Waals surface area contributed by atoms with Crippen molar-refractivity contribution >= 4 is 0 Å². The van der Waals surface area contributed by atoms with E-state index in [0.29, 0.717) is 5.56 Å². The monoisotopic (exact) mass is 178 g/mol. The molecular formula is C11H9LiNO+. The molecule has 0 aliphatic rings. The van der Waals surface area contributed by atoms with Crippen LogP contribution in [0.15, 0.2) is 48.7 Å². The van der Waals surface area contributed by atoms with Gasteiger partial charge in [-0.1, -0.05) is 23.9 Å². The van der Waals surface area contributed by atoms with Crippen LogP contribution in [-0.4, -0.2) is 0 Å². The van der Waals surface area contributed by atoms with E-state index in [2.05, 4.69) is 4.98 Å². The molecule has 3 heteroatoms. The summed E-state index contributed by atoms with van der Waals surface area (Å²) in [7, 11) is 0. The Morgan fingerprint density at radius 2 is 1.64 bits per heavy atom. The molecule has 2 aromatic rings. The third-order valence-electron chi connectivity index (χ3n) is 1.89. The van der Waals surface area contributed by atoms with Crippen molar-refractivity contribution in [1.82, 2.24) is 0 Å². The van der Waals surface area contributed by atoms with Gasteiger partial charge >= 0.3 is 18.9 Å². The summed E-state index contributed by atoms with van der Waals surface area (Å²) in [5.74, 6) is 0.0463. The standard InChI is InChI=1S/C11H9NO.Li/c13-11-7-2-1-5-9(11)10-6-3-4-8-12-10;/h1-8,13H;/q;+1. The molecule has 0 saturated carbocycles. The molecule has 64 valence electrons. The summed E-state index contributed by atoms with van der Waals surface area (Å²) in [5.41, 5.74) is 1.57. The molecule has 0 amide bonds. The fourth-order valence-corrected chi connectivity index (χ4v) is 1.25. The van der Waals surface area contributed by atoms with Gasteiger partial charge in [0.15, 0.2) is 6.20 Å². The summed E-state index contributed by atoms with van der Waals surface area (Å²) >= 11 is 0. The summed E-state index contributed by atoms with van der Waals surface area (Å²) in [6.07, 6.45) is 1.81. The van der Waals surface area contributed by atoms with Crippen molar-refractivity contribution in [2.75, 3.05) is 0 Å². The number of aromatic amines is 1. The first-order chi connectivity index (χ1) is 6.38. The molecule has 0 bridgehead atoms. The third kappa shape index (κ3) is 2.17. The zero-order chi connectivity index (χ0) is 9.10. The number of aromatic nitrogens is 1. The first kappa shape index (κ1) is 10.8. The largest absolute Gasteiger partial charge is 1.00 e. The number of para-hydroxylation sites is 1. The Hall–Kier alpha value is -1.23. The van der Waals surface area contributed by atoms with Crippen LogP contribution in [0.1, 0.15) is 0 Å². The summed E-state index contributed by atoms with van der Waals surface area (Å²) in [4.78, 5) is 3.03. The van der Waals surface area contributed by atoms with Gasteiger partial charge in [-0.2, -0.15) is 0 Å². The number of hydrogen-bond donors (Lipinski definition) is 0. The number of nitrogens with one attached hydrogen (secondary N) is 1. The average molecular weight is 178 g/mol. The third-order valence-corrected chi connectivity index (χ3v) is 1.89. The van der Waals surface area contributed by atoms with Gasteiger partial charge in [-0.05, 0) is 12.1 Å². The van der Waals surface area contributed by atoms with Crippen LogP contribution in [0.5, 0.6) is 5.75 Å². The van der Waals surface area contributed by atoms with E-state index in [1.165, 1.54) is 0 Å². The van der Waals surface area contributed by atoms with Gasteiger partial charge in [0.2, 0.25) is 5.69 Å². The van der Waals surface area contributed by atoms with E-state index in [-0.39, 0.29) is 24.6 Å². The van der Waals surface area contributed by atoms with Crippen molar-refractivity contribution < 1.29 is 29.0 Å². The van der Waals surface area contributed by atoms with Crippen molar-refractivity contribution in [2.45, 2.75) is 0 Å². The molecule has 0 fully saturated rings. The van der Waals surface area contributed by atoms with E-state index in [4.69, 9.17) is 0 Å². The van der Waals surface area contributed by atoms with Crippen LogP contribution in [0.4, 0.5) is 0 Å². The minimum absolute atomic E-state index is 0. The molecular weight excluding hydrogens is 169 g/mol. The van der Waals surface area contributed by atoms with Crippen molar-refractivity contribution in [1.29, 1.82) is 0 Å². The van der Waals surface area contributed by atoms with E-state index >= 15 is 0 Å². The van der Waals surface area contributed by atoms with Crippen LogP contribution in [0.25, 0.3) is 11.3 Å². The van der Waals surface area contributed by atoms with E-state index < -0.39 is 0 Å². The van der Waals surface area contributed by atoms with E-state index in [9.17, 15) is 5.11 Å². The van der Waals surface area contributed by atoms with Gasteiger partial charge in [-0.15, -0.1) is 0 Å². The van der Waals surface area contributed by atoms with Crippen molar-refractivity contribution in [3.8, 4) is 17.0 Å². The maximum Gasteiger partial charge on any atom is 1.00 e. The summed E-state index contributed by atoms with van der Waals surface area (Å²) in [5, 5.41) is 11.4. The number of H-pyrrole nitrogens is 1. The maximum atomic E-state index is 11.4. The number of rotatable bonds is 1. The maximum absolute atomic E-state index is 11.4. The Labute approximate surface area is 94.8 Å². The van der Waals surface area contributed by atoms with Crippen LogP contribution < -0.4 is 29.0 Å². The zero-order valence-corrected chi connectivity index (χ0v) is 8.03. The van der Waals surface area contributed by atoms with Gasteiger partial charge in [-0.3, -0.25) is 0 Å². The van der Waals surface area contributed by atoms with Crippen molar-refractivity contribution in [2.24, 2.45) is 0 Å². The fourth-order valence-electron chi connectivity index (χ4n) is 1.25. The molecule has 1 aromatic carbocycles. The molecule has 2 rings (SSSR count). The van der Waals surface area contributed by atoms with Gasteiger partial charge in [0.05, 0.1) is 0 Å². The molecule has 1 aromatic heterocycles. The van der Waals surface area contributed by atoms with Gasteiger partial charge < -0.3 is 5.11 Å². The Bertz CT molecular complexity index is 403. The summed E-state index contributed by atoms with van der Waals surface area (Å²) in [6, 6.07) is 12.7. The minimum atomic E-state index is 0. The van der Waals surface area contributed by atoms with Crippen LogP contribution in [0.3, 0.4) is 0 Å². The molecule has 0 radical (unpaired) electrons. The molecule has 0 saturated heterocycles. The molecule has 1 N–H and O–H groups in total. The van der Waals surface area contributed by atoms with Gasteiger partial charge in [0, 0.05) is 17.7 Å². The van der Waals surface area contributed by atoms with Gasteiger partial charge in [-0.25, -0.2) is 4.98 Å². The summed E-state index contributed by atoms with van der Waals surface area (Å²) < 4.78 is 0. The molecule has 1 heterocycles. The quantitative estimate of drug-likeness (QED) is 0.477. The Balaban J connectivity index is 0.000000980. The smallest absolute Gasteiger partial charge is 0.872 e. The van der Waals surface area contributed by atoms with Crippen LogP contribution in [0, 0.1) is 0 Å². The molecule has 0 aliphatic carbocycles.